The fourth-order valence-electron chi connectivity index (χ4n) is 1.34. The quantitative estimate of drug-likeness (QED) is 0.944. The van der Waals surface area contributed by atoms with Crippen molar-refractivity contribution < 1.29 is 4.79 Å². The SMILES string of the molecule is Cn1cc(Br)cc1C(=O)NCc1cscn1. The number of carbonyl (C=O) groups excluding carboxylic acids is 1. The Labute approximate surface area is 105 Å². The van der Waals surface area contributed by atoms with Crippen LogP contribution in [0, 0.1) is 0 Å². The number of thiazole rings is 1. The van der Waals surface area contributed by atoms with E-state index in [1.54, 1.807) is 16.1 Å². The van der Waals surface area contributed by atoms with E-state index in [4.69, 9.17) is 0 Å². The number of hydrogen-bond acceptors (Lipinski definition) is 3. The molecule has 1 amide bonds. The zero-order valence-electron chi connectivity index (χ0n) is 8.61. The van der Waals surface area contributed by atoms with Gasteiger partial charge in [-0.25, -0.2) is 4.98 Å². The number of nitrogens with zero attached hydrogens (tertiary/aromatic N) is 2. The van der Waals surface area contributed by atoms with Crippen LogP contribution in [0.2, 0.25) is 0 Å². The molecule has 0 radical (unpaired) electrons. The molecule has 0 unspecified atom stereocenters. The van der Waals surface area contributed by atoms with E-state index < -0.39 is 0 Å². The largest absolute Gasteiger partial charge is 0.345 e. The lowest BCUT2D eigenvalue weighted by Crippen LogP contribution is -2.24. The molecule has 2 aromatic rings. The van der Waals surface area contributed by atoms with E-state index in [-0.39, 0.29) is 5.91 Å². The van der Waals surface area contributed by atoms with Crippen molar-refractivity contribution in [1.82, 2.24) is 14.9 Å². The highest BCUT2D eigenvalue weighted by Gasteiger charge is 2.10. The Morgan fingerprint density at radius 2 is 2.50 bits per heavy atom. The second-order valence-corrected chi connectivity index (χ2v) is 4.95. The summed E-state index contributed by atoms with van der Waals surface area (Å²) < 4.78 is 2.68. The first-order chi connectivity index (χ1) is 7.66. The summed E-state index contributed by atoms with van der Waals surface area (Å²) >= 11 is 4.85. The Bertz CT molecular complexity index is 492. The van der Waals surface area contributed by atoms with E-state index in [1.165, 1.54) is 11.3 Å². The molecule has 0 spiro atoms. The van der Waals surface area contributed by atoms with Crippen LogP contribution >= 0.6 is 27.3 Å². The molecule has 0 fully saturated rings. The fraction of sp³-hybridized carbons (Fsp3) is 0.200. The zero-order valence-corrected chi connectivity index (χ0v) is 11.0. The standard InChI is InChI=1S/C10H10BrN3OS/c1-14-4-7(11)2-9(14)10(15)12-3-8-5-16-6-13-8/h2,4-6H,3H2,1H3,(H,12,15). The van der Waals surface area contributed by atoms with Crippen LogP contribution in [-0.4, -0.2) is 15.5 Å². The summed E-state index contributed by atoms with van der Waals surface area (Å²) in [6.45, 7) is 0.463. The average molecular weight is 300 g/mol. The average Bonchev–Trinajstić information content (AvgIpc) is 2.84. The van der Waals surface area contributed by atoms with E-state index in [9.17, 15) is 4.79 Å². The van der Waals surface area contributed by atoms with Crippen LogP contribution in [0.1, 0.15) is 16.2 Å². The van der Waals surface area contributed by atoms with Gasteiger partial charge in [0.15, 0.2) is 0 Å². The van der Waals surface area contributed by atoms with Crippen LogP contribution in [0.5, 0.6) is 0 Å². The van der Waals surface area contributed by atoms with Crippen molar-refractivity contribution in [3.8, 4) is 0 Å². The van der Waals surface area contributed by atoms with Crippen molar-refractivity contribution in [2.75, 3.05) is 0 Å². The molecule has 0 atom stereocenters. The predicted molar refractivity (Wildman–Crippen MR) is 66.4 cm³/mol. The van der Waals surface area contributed by atoms with Crippen molar-refractivity contribution in [3.63, 3.8) is 0 Å². The van der Waals surface area contributed by atoms with Gasteiger partial charge in [0.1, 0.15) is 5.69 Å². The first-order valence-corrected chi connectivity index (χ1v) is 6.37. The Kier molecular flexibility index (Phi) is 3.40. The first kappa shape index (κ1) is 11.3. The van der Waals surface area contributed by atoms with Crippen LogP contribution in [0.15, 0.2) is 27.6 Å². The maximum Gasteiger partial charge on any atom is 0.268 e. The minimum Gasteiger partial charge on any atom is -0.345 e. The topological polar surface area (TPSA) is 46.9 Å². The lowest BCUT2D eigenvalue weighted by Gasteiger charge is -2.03. The molecule has 0 bridgehead atoms. The summed E-state index contributed by atoms with van der Waals surface area (Å²) in [6, 6.07) is 1.79. The van der Waals surface area contributed by atoms with Crippen LogP contribution in [0.3, 0.4) is 0 Å². The molecule has 2 heterocycles. The molecule has 0 aliphatic rings. The smallest absolute Gasteiger partial charge is 0.268 e. The normalized spacial score (nSPS) is 10.4. The molecular formula is C10H10BrN3OS. The fourth-order valence-corrected chi connectivity index (χ4v) is 2.42. The summed E-state index contributed by atoms with van der Waals surface area (Å²) in [4.78, 5) is 15.9. The van der Waals surface area contributed by atoms with Crippen molar-refractivity contribution in [2.45, 2.75) is 6.54 Å². The van der Waals surface area contributed by atoms with Gasteiger partial charge in [-0.05, 0) is 22.0 Å². The molecule has 0 aliphatic heterocycles. The Hall–Kier alpha value is -1.14. The highest BCUT2D eigenvalue weighted by atomic mass is 79.9. The maximum atomic E-state index is 11.8. The van der Waals surface area contributed by atoms with Gasteiger partial charge in [0.25, 0.3) is 5.91 Å². The Balaban J connectivity index is 2.01. The lowest BCUT2D eigenvalue weighted by molar-refractivity contribution is 0.0942. The monoisotopic (exact) mass is 299 g/mol. The number of nitrogens with one attached hydrogen (secondary N) is 1. The number of halogens is 1. The summed E-state index contributed by atoms with van der Waals surface area (Å²) in [6.07, 6.45) is 1.84. The molecule has 0 aliphatic carbocycles. The van der Waals surface area contributed by atoms with Crippen molar-refractivity contribution in [3.05, 3.63) is 39.0 Å². The van der Waals surface area contributed by atoms with Crippen LogP contribution in [-0.2, 0) is 13.6 Å². The third-order valence-corrected chi connectivity index (χ3v) is 3.19. The second-order valence-electron chi connectivity index (χ2n) is 3.32. The van der Waals surface area contributed by atoms with E-state index in [0.717, 1.165) is 10.2 Å². The molecule has 0 saturated carbocycles. The van der Waals surface area contributed by atoms with E-state index in [2.05, 4.69) is 26.2 Å². The number of rotatable bonds is 3. The molecule has 1 N–H and O–H groups in total. The minimum absolute atomic E-state index is 0.0961. The van der Waals surface area contributed by atoms with Gasteiger partial charge in [-0.15, -0.1) is 11.3 Å². The van der Waals surface area contributed by atoms with E-state index >= 15 is 0 Å². The number of aryl methyl sites for hydroxylation is 1. The van der Waals surface area contributed by atoms with Crippen LogP contribution in [0.4, 0.5) is 0 Å². The third-order valence-electron chi connectivity index (χ3n) is 2.12. The summed E-state index contributed by atoms with van der Waals surface area (Å²) in [5.41, 5.74) is 3.26. The number of aromatic nitrogens is 2. The first-order valence-electron chi connectivity index (χ1n) is 4.64. The molecule has 0 aromatic carbocycles. The predicted octanol–water partition coefficient (Wildman–Crippen LogP) is 2.17. The van der Waals surface area contributed by atoms with Gasteiger partial charge in [0.2, 0.25) is 0 Å². The van der Waals surface area contributed by atoms with Crippen molar-refractivity contribution in [1.29, 1.82) is 0 Å². The highest BCUT2D eigenvalue weighted by molar-refractivity contribution is 9.10. The van der Waals surface area contributed by atoms with Gasteiger partial charge in [-0.1, -0.05) is 0 Å². The highest BCUT2D eigenvalue weighted by Crippen LogP contribution is 2.13. The van der Waals surface area contributed by atoms with Gasteiger partial charge in [0.05, 0.1) is 17.7 Å². The van der Waals surface area contributed by atoms with Gasteiger partial charge in [0, 0.05) is 23.1 Å². The van der Waals surface area contributed by atoms with Gasteiger partial charge in [-0.3, -0.25) is 4.79 Å². The summed E-state index contributed by atoms with van der Waals surface area (Å²) in [5, 5.41) is 4.74. The summed E-state index contributed by atoms with van der Waals surface area (Å²) in [5.74, 6) is -0.0961. The number of hydrogen-bond donors (Lipinski definition) is 1. The molecule has 2 rings (SSSR count). The van der Waals surface area contributed by atoms with Gasteiger partial charge in [-0.2, -0.15) is 0 Å². The molecule has 2 aromatic heterocycles. The molecule has 0 saturated heterocycles. The molecule has 4 nitrogen and oxygen atoms in total. The van der Waals surface area contributed by atoms with Crippen molar-refractivity contribution in [2.24, 2.45) is 7.05 Å². The Morgan fingerprint density at radius 1 is 1.69 bits per heavy atom. The zero-order chi connectivity index (χ0) is 11.5. The summed E-state index contributed by atoms with van der Waals surface area (Å²) in [7, 11) is 1.84. The third kappa shape index (κ3) is 2.51. The maximum absolute atomic E-state index is 11.8. The van der Waals surface area contributed by atoms with Crippen LogP contribution < -0.4 is 5.32 Å². The van der Waals surface area contributed by atoms with E-state index in [0.29, 0.717) is 12.2 Å². The number of carbonyl (C=O) groups is 1. The second kappa shape index (κ2) is 4.80. The molecule has 6 heteroatoms. The minimum atomic E-state index is -0.0961. The number of amides is 1. The van der Waals surface area contributed by atoms with Gasteiger partial charge < -0.3 is 9.88 Å². The van der Waals surface area contributed by atoms with Crippen LogP contribution in [0.25, 0.3) is 0 Å². The molecular weight excluding hydrogens is 290 g/mol. The molecule has 84 valence electrons. The molecule has 16 heavy (non-hydrogen) atoms. The van der Waals surface area contributed by atoms with E-state index in [1.807, 2.05) is 18.6 Å². The Morgan fingerprint density at radius 3 is 3.06 bits per heavy atom. The lowest BCUT2D eigenvalue weighted by atomic mass is 10.4. The van der Waals surface area contributed by atoms with Gasteiger partial charge >= 0.3 is 0 Å². The van der Waals surface area contributed by atoms with Crippen molar-refractivity contribution >= 4 is 33.2 Å².